The van der Waals surface area contributed by atoms with E-state index in [2.05, 4.69) is 0 Å². The Labute approximate surface area is 280 Å². The first-order chi connectivity index (χ1) is 23.1. The molecule has 48 heavy (non-hydrogen) atoms. The largest absolute Gasteiger partial charge is 0.485 e. The fourth-order valence-electron chi connectivity index (χ4n) is 5.76. The smallest absolute Gasteiger partial charge is 0.268 e. The van der Waals surface area contributed by atoms with E-state index < -0.39 is 20.0 Å². The molecule has 7 rings (SSSR count). The van der Waals surface area contributed by atoms with Gasteiger partial charge in [-0.3, -0.25) is 0 Å². The van der Waals surface area contributed by atoms with Crippen molar-refractivity contribution in [3.05, 3.63) is 155 Å². The molecule has 0 spiro atoms. The summed E-state index contributed by atoms with van der Waals surface area (Å²) in [5, 5.41) is 0. The summed E-state index contributed by atoms with van der Waals surface area (Å²) in [6.07, 6.45) is 3.54. The maximum absolute atomic E-state index is 14.2. The van der Waals surface area contributed by atoms with Crippen LogP contribution in [0.25, 0.3) is 12.2 Å². The number of hydrogen-bond donors (Lipinski definition) is 0. The fourth-order valence-corrected chi connectivity index (χ4v) is 8.79. The van der Waals surface area contributed by atoms with Gasteiger partial charge in [0.05, 0.1) is 32.6 Å². The Morgan fingerprint density at radius 3 is 1.25 bits per heavy atom. The van der Waals surface area contributed by atoms with E-state index in [1.54, 1.807) is 109 Å². The number of ether oxygens (including phenoxy) is 2. The molecular formula is C38H32N2O6S2. The summed E-state index contributed by atoms with van der Waals surface area (Å²) in [7, 11) is -8.07. The summed E-state index contributed by atoms with van der Waals surface area (Å²) < 4.78 is 71.6. The van der Waals surface area contributed by atoms with E-state index in [1.807, 2.05) is 38.1 Å². The first-order valence-corrected chi connectivity index (χ1v) is 18.2. The average Bonchev–Trinajstić information content (AvgIpc) is 3.09. The zero-order valence-corrected chi connectivity index (χ0v) is 27.9. The summed E-state index contributed by atoms with van der Waals surface area (Å²) >= 11 is 0. The lowest BCUT2D eigenvalue weighted by atomic mass is 10.0. The predicted molar refractivity (Wildman–Crippen MR) is 188 cm³/mol. The molecule has 0 atom stereocenters. The van der Waals surface area contributed by atoms with Crippen molar-refractivity contribution in [1.29, 1.82) is 0 Å². The maximum Gasteiger partial charge on any atom is 0.268 e. The van der Waals surface area contributed by atoms with Gasteiger partial charge in [0.2, 0.25) is 0 Å². The Morgan fingerprint density at radius 1 is 0.500 bits per heavy atom. The van der Waals surface area contributed by atoms with Crippen LogP contribution in [0.3, 0.4) is 0 Å². The van der Waals surface area contributed by atoms with Gasteiger partial charge in [-0.15, -0.1) is 0 Å². The van der Waals surface area contributed by atoms with Crippen molar-refractivity contribution in [2.75, 3.05) is 21.8 Å². The molecule has 242 valence electrons. The minimum atomic E-state index is -4.03. The summed E-state index contributed by atoms with van der Waals surface area (Å²) in [5.41, 5.74) is 4.82. The Kier molecular flexibility index (Phi) is 8.06. The van der Waals surface area contributed by atoms with Crippen LogP contribution < -0.4 is 18.1 Å². The molecule has 0 bridgehead atoms. The molecule has 0 fully saturated rings. The SMILES string of the molecule is Cc1ccc(S(=O)(=O)N2/C(=C\c3ccccc3/C=C3/COc4ccccc4N3S(=O)(=O)c3ccc(C)cc3)COc3ccccc32)cc1. The van der Waals surface area contributed by atoms with E-state index in [-0.39, 0.29) is 23.0 Å². The maximum atomic E-state index is 14.2. The normalized spacial score (nSPS) is 16.2. The number of nitrogens with zero attached hydrogens (tertiary/aromatic N) is 2. The van der Waals surface area contributed by atoms with Gasteiger partial charge >= 0.3 is 0 Å². The molecule has 5 aromatic carbocycles. The average molecular weight is 677 g/mol. The Hall–Kier alpha value is -5.32. The molecule has 0 aromatic heterocycles. The van der Waals surface area contributed by atoms with Gasteiger partial charge in [-0.2, -0.15) is 0 Å². The minimum absolute atomic E-state index is 0.00255. The predicted octanol–water partition coefficient (Wildman–Crippen LogP) is 7.56. The Bertz CT molecular complexity index is 2130. The van der Waals surface area contributed by atoms with Crippen molar-refractivity contribution in [3.63, 3.8) is 0 Å². The second-order valence-corrected chi connectivity index (χ2v) is 15.2. The molecule has 0 saturated heterocycles. The number of benzene rings is 5. The lowest BCUT2D eigenvalue weighted by molar-refractivity contribution is 0.342. The second kappa shape index (κ2) is 12.4. The quantitative estimate of drug-likeness (QED) is 0.184. The van der Waals surface area contributed by atoms with Crippen LogP contribution in [0.5, 0.6) is 11.5 Å². The number of hydrogen-bond acceptors (Lipinski definition) is 6. The minimum Gasteiger partial charge on any atom is -0.485 e. The van der Waals surface area contributed by atoms with E-state index >= 15 is 0 Å². The zero-order chi connectivity index (χ0) is 33.5. The third-order valence-corrected chi connectivity index (χ3v) is 11.8. The van der Waals surface area contributed by atoms with Crippen LogP contribution in [-0.4, -0.2) is 30.0 Å². The highest BCUT2D eigenvalue weighted by molar-refractivity contribution is 7.93. The van der Waals surface area contributed by atoms with Crippen molar-refractivity contribution in [2.45, 2.75) is 23.6 Å². The number of sulfonamides is 2. The van der Waals surface area contributed by atoms with Gasteiger partial charge in [0.1, 0.15) is 24.7 Å². The Morgan fingerprint density at radius 2 is 0.854 bits per heavy atom. The van der Waals surface area contributed by atoms with Crippen LogP contribution in [0, 0.1) is 13.8 Å². The van der Waals surface area contributed by atoms with Crippen molar-refractivity contribution in [3.8, 4) is 11.5 Å². The molecule has 0 radical (unpaired) electrons. The van der Waals surface area contributed by atoms with Crippen LogP contribution in [0.4, 0.5) is 11.4 Å². The third kappa shape index (κ3) is 5.74. The molecule has 0 saturated carbocycles. The topological polar surface area (TPSA) is 93.2 Å². The molecule has 0 amide bonds. The summed E-state index contributed by atoms with van der Waals surface area (Å²) in [4.78, 5) is 0.308. The van der Waals surface area contributed by atoms with E-state index in [1.165, 1.54) is 8.61 Å². The lowest BCUT2D eigenvalue weighted by Crippen LogP contribution is -2.36. The number of para-hydroxylation sites is 4. The number of anilines is 2. The van der Waals surface area contributed by atoms with Crippen LogP contribution in [0.15, 0.2) is 143 Å². The van der Waals surface area contributed by atoms with Gasteiger partial charge in [-0.05, 0) is 85.7 Å². The van der Waals surface area contributed by atoms with Gasteiger partial charge in [0, 0.05) is 0 Å². The molecule has 2 aliphatic rings. The number of fused-ring (bicyclic) bond motifs is 2. The fraction of sp³-hybridized carbons (Fsp3) is 0.105. The molecule has 0 N–H and O–H groups in total. The van der Waals surface area contributed by atoms with Crippen molar-refractivity contribution < 1.29 is 26.3 Å². The van der Waals surface area contributed by atoms with Crippen LogP contribution in [0.2, 0.25) is 0 Å². The molecule has 0 aliphatic carbocycles. The standard InChI is InChI=1S/C38H32N2O6S2/c1-27-15-19-33(20-16-27)47(41,42)39-31(25-45-37-13-7-5-11-35(37)39)23-29-9-3-4-10-30(29)24-32-26-46-38-14-8-6-12-36(38)40(32)48(43,44)34-21-17-28(2)18-22-34/h3-24H,25-26H2,1-2H3/b31-23-,32-24-. The summed E-state index contributed by atoms with van der Waals surface area (Å²) in [6, 6.07) is 34.9. The molecule has 10 heteroatoms. The van der Waals surface area contributed by atoms with Crippen LogP contribution in [-0.2, 0) is 20.0 Å². The number of aryl methyl sites for hydroxylation is 2. The monoisotopic (exact) mass is 676 g/mol. The molecule has 2 heterocycles. The lowest BCUT2D eigenvalue weighted by Gasteiger charge is -2.33. The van der Waals surface area contributed by atoms with Crippen molar-refractivity contribution in [1.82, 2.24) is 0 Å². The van der Waals surface area contributed by atoms with Gasteiger partial charge in [0.15, 0.2) is 0 Å². The highest BCUT2D eigenvalue weighted by Crippen LogP contribution is 2.42. The number of rotatable bonds is 6. The first kappa shape index (κ1) is 31.3. The third-order valence-electron chi connectivity index (χ3n) is 8.20. The van der Waals surface area contributed by atoms with Crippen LogP contribution >= 0.6 is 0 Å². The van der Waals surface area contributed by atoms with Crippen LogP contribution in [0.1, 0.15) is 22.3 Å². The Balaban J connectivity index is 1.36. The van der Waals surface area contributed by atoms with E-state index in [9.17, 15) is 16.8 Å². The highest BCUT2D eigenvalue weighted by Gasteiger charge is 2.35. The van der Waals surface area contributed by atoms with E-state index in [0.29, 0.717) is 45.4 Å². The highest BCUT2D eigenvalue weighted by atomic mass is 32.2. The van der Waals surface area contributed by atoms with Crippen molar-refractivity contribution in [2.24, 2.45) is 0 Å². The van der Waals surface area contributed by atoms with Gasteiger partial charge in [-0.1, -0.05) is 83.9 Å². The molecule has 0 unspecified atom stereocenters. The molecule has 5 aromatic rings. The van der Waals surface area contributed by atoms with E-state index in [4.69, 9.17) is 9.47 Å². The van der Waals surface area contributed by atoms with Crippen molar-refractivity contribution >= 4 is 43.6 Å². The van der Waals surface area contributed by atoms with Gasteiger partial charge in [-0.25, -0.2) is 25.4 Å². The second-order valence-electron chi connectivity index (χ2n) is 11.6. The zero-order valence-electron chi connectivity index (χ0n) is 26.3. The summed E-state index contributed by atoms with van der Waals surface area (Å²) in [6.45, 7) is 3.80. The first-order valence-electron chi connectivity index (χ1n) is 15.3. The van der Waals surface area contributed by atoms with Gasteiger partial charge in [0.25, 0.3) is 20.0 Å². The summed E-state index contributed by atoms with van der Waals surface area (Å²) in [5.74, 6) is 0.909. The molecule has 2 aliphatic heterocycles. The van der Waals surface area contributed by atoms with E-state index in [0.717, 1.165) is 11.1 Å². The van der Waals surface area contributed by atoms with Gasteiger partial charge < -0.3 is 9.47 Å². The molecule has 8 nitrogen and oxygen atoms in total. The molecular weight excluding hydrogens is 645 g/mol.